The Morgan fingerprint density at radius 2 is 0.942 bits per heavy atom. The minimum absolute atomic E-state index is 0.0114. The molecule has 9 aromatic rings. The topological polar surface area (TPSA) is 3.24 Å². The van der Waals surface area contributed by atoms with E-state index >= 15 is 0 Å². The Balaban J connectivity index is 1.07. The molecule has 1 nitrogen and oxygen atoms in total. The Morgan fingerprint density at radius 3 is 1.73 bits per heavy atom. The maximum Gasteiger partial charge on any atom is 0.0540 e. The Morgan fingerprint density at radius 1 is 0.365 bits per heavy atom. The highest BCUT2D eigenvalue weighted by Crippen LogP contribution is 2.52. The number of nitrogens with zero attached hydrogens (tertiary/aromatic N) is 1. The fourth-order valence-corrected chi connectivity index (χ4v) is 8.58. The minimum Gasteiger partial charge on any atom is -0.310 e. The predicted octanol–water partition coefficient (Wildman–Crippen LogP) is 14.3. The zero-order chi connectivity index (χ0) is 34.8. The standard InChI is InChI=1S/C51H37N/c1-51(2)47-17-9-8-16-45(47)50-44-30-25-38-19-20-39(33-46(38)43(44)31-32-48(50)51)36-23-28-41(29-24-36)52(49-18-10-14-37-13-6-7-15-42(37)49)40-26-21-35(22-27-40)34-11-4-3-5-12-34/h3-33H,1-2H3. The first kappa shape index (κ1) is 30.4. The number of anilines is 3. The Hall–Kier alpha value is -6.44. The second-order valence-corrected chi connectivity index (χ2v) is 14.5. The molecule has 52 heavy (non-hydrogen) atoms. The summed E-state index contributed by atoms with van der Waals surface area (Å²) in [5, 5.41) is 7.64. The van der Waals surface area contributed by atoms with Gasteiger partial charge in [-0.1, -0.05) is 166 Å². The van der Waals surface area contributed by atoms with Gasteiger partial charge in [0.2, 0.25) is 0 Å². The molecule has 0 radical (unpaired) electrons. The first-order valence-corrected chi connectivity index (χ1v) is 18.2. The van der Waals surface area contributed by atoms with E-state index in [0.717, 1.165) is 17.1 Å². The van der Waals surface area contributed by atoms with Gasteiger partial charge in [0, 0.05) is 22.2 Å². The van der Waals surface area contributed by atoms with Crippen molar-refractivity contribution in [2.24, 2.45) is 0 Å². The molecule has 0 heterocycles. The van der Waals surface area contributed by atoms with Gasteiger partial charge in [-0.3, -0.25) is 0 Å². The third-order valence-electron chi connectivity index (χ3n) is 11.3. The molecule has 10 rings (SSSR count). The number of fused-ring (bicyclic) bond motifs is 8. The van der Waals surface area contributed by atoms with Crippen molar-refractivity contribution in [2.75, 3.05) is 4.90 Å². The van der Waals surface area contributed by atoms with E-state index in [1.165, 1.54) is 76.8 Å². The van der Waals surface area contributed by atoms with Gasteiger partial charge in [0.25, 0.3) is 0 Å². The van der Waals surface area contributed by atoms with Crippen LogP contribution >= 0.6 is 0 Å². The van der Waals surface area contributed by atoms with Gasteiger partial charge in [-0.2, -0.15) is 0 Å². The van der Waals surface area contributed by atoms with Crippen molar-refractivity contribution in [3.8, 4) is 33.4 Å². The molecule has 0 unspecified atom stereocenters. The molecule has 0 atom stereocenters. The van der Waals surface area contributed by atoms with Gasteiger partial charge in [-0.15, -0.1) is 0 Å². The summed E-state index contributed by atoms with van der Waals surface area (Å²) in [6.45, 7) is 4.71. The van der Waals surface area contributed by atoms with Crippen molar-refractivity contribution in [3.63, 3.8) is 0 Å². The van der Waals surface area contributed by atoms with Gasteiger partial charge in [-0.25, -0.2) is 0 Å². The number of benzene rings is 9. The second kappa shape index (κ2) is 11.8. The highest BCUT2D eigenvalue weighted by molar-refractivity contribution is 6.15. The molecule has 0 bridgehead atoms. The fraction of sp³-hybridized carbons (Fsp3) is 0.0588. The van der Waals surface area contributed by atoms with Crippen LogP contribution in [0.1, 0.15) is 25.0 Å². The fourth-order valence-electron chi connectivity index (χ4n) is 8.58. The van der Waals surface area contributed by atoms with Crippen molar-refractivity contribution in [1.29, 1.82) is 0 Å². The highest BCUT2D eigenvalue weighted by Gasteiger charge is 2.36. The summed E-state index contributed by atoms with van der Waals surface area (Å²) in [5.74, 6) is 0. The maximum absolute atomic E-state index is 2.38. The van der Waals surface area contributed by atoms with Gasteiger partial charge >= 0.3 is 0 Å². The molecule has 0 aliphatic heterocycles. The molecular weight excluding hydrogens is 627 g/mol. The molecule has 0 saturated heterocycles. The molecule has 0 amide bonds. The first-order valence-electron chi connectivity index (χ1n) is 18.2. The van der Waals surface area contributed by atoms with Crippen LogP contribution in [0.15, 0.2) is 188 Å². The lowest BCUT2D eigenvalue weighted by atomic mass is 9.82. The van der Waals surface area contributed by atoms with Crippen LogP contribution in [0.4, 0.5) is 17.1 Å². The smallest absolute Gasteiger partial charge is 0.0540 e. The van der Waals surface area contributed by atoms with E-state index in [1.54, 1.807) is 0 Å². The van der Waals surface area contributed by atoms with E-state index in [9.17, 15) is 0 Å². The van der Waals surface area contributed by atoms with Crippen LogP contribution in [-0.4, -0.2) is 0 Å². The molecule has 0 aromatic heterocycles. The largest absolute Gasteiger partial charge is 0.310 e. The van der Waals surface area contributed by atoms with Crippen LogP contribution < -0.4 is 4.90 Å². The maximum atomic E-state index is 2.38. The van der Waals surface area contributed by atoms with Crippen molar-refractivity contribution in [3.05, 3.63) is 199 Å². The summed E-state index contributed by atoms with van der Waals surface area (Å²) in [6.07, 6.45) is 0. The lowest BCUT2D eigenvalue weighted by molar-refractivity contribution is 0.661. The molecule has 9 aromatic carbocycles. The summed E-state index contributed by atoms with van der Waals surface area (Å²) in [6, 6.07) is 69.0. The quantitative estimate of drug-likeness (QED) is 0.166. The molecule has 1 heteroatoms. The van der Waals surface area contributed by atoms with E-state index in [0.29, 0.717) is 0 Å². The number of rotatable bonds is 5. The Labute approximate surface area is 305 Å². The van der Waals surface area contributed by atoms with Crippen LogP contribution in [0.2, 0.25) is 0 Å². The van der Waals surface area contributed by atoms with E-state index in [-0.39, 0.29) is 5.41 Å². The van der Waals surface area contributed by atoms with Gasteiger partial charge in [0.05, 0.1) is 5.69 Å². The van der Waals surface area contributed by atoms with Crippen molar-refractivity contribution < 1.29 is 0 Å². The van der Waals surface area contributed by atoms with Gasteiger partial charge in [0.15, 0.2) is 0 Å². The van der Waals surface area contributed by atoms with Crippen LogP contribution in [-0.2, 0) is 5.41 Å². The number of hydrogen-bond acceptors (Lipinski definition) is 1. The zero-order valence-corrected chi connectivity index (χ0v) is 29.3. The molecule has 0 N–H and O–H groups in total. The monoisotopic (exact) mass is 663 g/mol. The van der Waals surface area contributed by atoms with E-state index in [4.69, 9.17) is 0 Å². The zero-order valence-electron chi connectivity index (χ0n) is 29.3. The Bertz CT molecular complexity index is 2790. The average Bonchev–Trinajstić information content (AvgIpc) is 3.45. The van der Waals surface area contributed by atoms with Crippen LogP contribution in [0.5, 0.6) is 0 Å². The molecule has 0 saturated carbocycles. The SMILES string of the molecule is CC1(C)c2ccccc2-c2c1ccc1c2ccc2ccc(-c3ccc(N(c4ccc(-c5ccccc5)cc4)c4cccc5ccccc45)cc3)cc21. The van der Waals surface area contributed by atoms with Gasteiger partial charge in [0.1, 0.15) is 0 Å². The van der Waals surface area contributed by atoms with E-state index < -0.39 is 0 Å². The van der Waals surface area contributed by atoms with Crippen molar-refractivity contribution >= 4 is 49.4 Å². The third-order valence-corrected chi connectivity index (χ3v) is 11.3. The summed E-state index contributed by atoms with van der Waals surface area (Å²) in [7, 11) is 0. The lowest BCUT2D eigenvalue weighted by Gasteiger charge is -2.27. The highest BCUT2D eigenvalue weighted by atomic mass is 15.1. The van der Waals surface area contributed by atoms with Crippen molar-refractivity contribution in [1.82, 2.24) is 0 Å². The van der Waals surface area contributed by atoms with Gasteiger partial charge < -0.3 is 4.90 Å². The van der Waals surface area contributed by atoms with E-state index in [2.05, 4.69) is 207 Å². The number of hydrogen-bond donors (Lipinski definition) is 0. The summed E-state index contributed by atoms with van der Waals surface area (Å²) in [4.78, 5) is 2.38. The average molecular weight is 664 g/mol. The molecule has 1 aliphatic rings. The molecular formula is C51H37N. The summed E-state index contributed by atoms with van der Waals surface area (Å²) in [5.41, 5.74) is 13.8. The van der Waals surface area contributed by atoms with E-state index in [1.807, 2.05) is 0 Å². The van der Waals surface area contributed by atoms with Gasteiger partial charge in [-0.05, 0) is 108 Å². The molecule has 1 aliphatic carbocycles. The predicted molar refractivity (Wildman–Crippen MR) is 222 cm³/mol. The van der Waals surface area contributed by atoms with Crippen LogP contribution in [0.3, 0.4) is 0 Å². The third kappa shape index (κ3) is 4.77. The van der Waals surface area contributed by atoms with Crippen LogP contribution in [0, 0.1) is 0 Å². The summed E-state index contributed by atoms with van der Waals surface area (Å²) >= 11 is 0. The summed E-state index contributed by atoms with van der Waals surface area (Å²) < 4.78 is 0. The minimum atomic E-state index is -0.0114. The normalized spacial score (nSPS) is 13.0. The second-order valence-electron chi connectivity index (χ2n) is 14.5. The first-order chi connectivity index (χ1) is 25.5. The molecule has 0 spiro atoms. The van der Waals surface area contributed by atoms with Crippen molar-refractivity contribution in [2.45, 2.75) is 19.3 Å². The molecule has 246 valence electrons. The Kier molecular flexibility index (Phi) is 6.91. The molecule has 0 fully saturated rings. The lowest BCUT2D eigenvalue weighted by Crippen LogP contribution is -2.14. The van der Waals surface area contributed by atoms with Crippen LogP contribution in [0.25, 0.3) is 65.7 Å².